The zero-order chi connectivity index (χ0) is 42.3. The third kappa shape index (κ3) is 11.7. The first kappa shape index (κ1) is 44.3. The van der Waals surface area contributed by atoms with E-state index in [0.29, 0.717) is 64.8 Å². The maximum Gasteiger partial charge on any atom is 0.418 e. The molecule has 2 aromatic rings. The quantitative estimate of drug-likeness (QED) is 0.147. The van der Waals surface area contributed by atoms with E-state index in [-0.39, 0.29) is 60.1 Å². The van der Waals surface area contributed by atoms with Crippen LogP contribution < -0.4 is 11.1 Å². The molecular formula is C42H57ClF3N7O6. The number of likely N-dealkylation sites (tertiary alicyclic amines) is 3. The summed E-state index contributed by atoms with van der Waals surface area (Å²) < 4.78 is 53.1. The molecule has 0 unspecified atom stereocenters. The minimum absolute atomic E-state index is 0.0600. The van der Waals surface area contributed by atoms with E-state index in [0.717, 1.165) is 56.2 Å². The minimum atomic E-state index is -4.79. The predicted molar refractivity (Wildman–Crippen MR) is 218 cm³/mol. The number of piperidine rings is 3. The number of alkyl halides is 3. The number of fused-ring (bicyclic) bond motifs is 1. The van der Waals surface area contributed by atoms with Gasteiger partial charge in [-0.25, -0.2) is 9.59 Å². The second-order valence-electron chi connectivity index (χ2n) is 16.5. The maximum atomic E-state index is 14.2. The van der Waals surface area contributed by atoms with Crippen molar-refractivity contribution in [3.8, 4) is 0 Å². The van der Waals surface area contributed by atoms with Gasteiger partial charge in [0.2, 0.25) is 0 Å². The lowest BCUT2D eigenvalue weighted by Crippen LogP contribution is -2.53. The van der Waals surface area contributed by atoms with Gasteiger partial charge in [-0.1, -0.05) is 29.8 Å². The number of nitrogen functional groups attached to an aromatic ring is 1. The van der Waals surface area contributed by atoms with Gasteiger partial charge in [-0.2, -0.15) is 13.2 Å². The van der Waals surface area contributed by atoms with Crippen LogP contribution in [0.15, 0.2) is 36.4 Å². The van der Waals surface area contributed by atoms with Gasteiger partial charge in [-0.15, -0.1) is 0 Å². The highest BCUT2D eigenvalue weighted by atomic mass is 35.5. The summed E-state index contributed by atoms with van der Waals surface area (Å²) in [5.74, 6) is -0.378. The number of urea groups is 1. The molecule has 17 heteroatoms. The molecule has 3 saturated heterocycles. The summed E-state index contributed by atoms with van der Waals surface area (Å²) in [4.78, 5) is 62.8. The summed E-state index contributed by atoms with van der Waals surface area (Å²) in [5, 5.41) is 2.68. The summed E-state index contributed by atoms with van der Waals surface area (Å²) in [7, 11) is 3.96. The van der Waals surface area contributed by atoms with Crippen LogP contribution in [0.5, 0.6) is 0 Å². The zero-order valence-electron chi connectivity index (χ0n) is 34.0. The molecule has 1 atom stereocenters. The van der Waals surface area contributed by atoms with Crippen LogP contribution in [0, 0.1) is 5.92 Å². The Labute approximate surface area is 349 Å². The average Bonchev–Trinajstić information content (AvgIpc) is 3.38. The summed E-state index contributed by atoms with van der Waals surface area (Å²) in [5.41, 5.74) is 5.85. The van der Waals surface area contributed by atoms with Crippen molar-refractivity contribution >= 4 is 47.0 Å². The second kappa shape index (κ2) is 19.9. The Morgan fingerprint density at radius 2 is 1.59 bits per heavy atom. The predicted octanol–water partition coefficient (Wildman–Crippen LogP) is 6.13. The monoisotopic (exact) mass is 847 g/mol. The number of amides is 4. The molecule has 0 aromatic heterocycles. The van der Waals surface area contributed by atoms with Gasteiger partial charge >= 0.3 is 24.3 Å². The molecule has 0 saturated carbocycles. The Morgan fingerprint density at radius 3 is 2.27 bits per heavy atom. The number of carbonyl (C=O) groups is 4. The summed E-state index contributed by atoms with van der Waals surface area (Å²) in [6.45, 7) is 4.81. The number of benzene rings is 2. The van der Waals surface area contributed by atoms with Crippen molar-refractivity contribution in [2.24, 2.45) is 5.92 Å². The highest BCUT2D eigenvalue weighted by Gasteiger charge is 2.39. The van der Waals surface area contributed by atoms with Crippen molar-refractivity contribution in [2.75, 3.05) is 84.1 Å². The van der Waals surface area contributed by atoms with Crippen LogP contribution in [0.4, 0.5) is 34.1 Å². The van der Waals surface area contributed by atoms with Gasteiger partial charge in [0.25, 0.3) is 5.91 Å². The number of anilines is 2. The fourth-order valence-electron chi connectivity index (χ4n) is 8.75. The van der Waals surface area contributed by atoms with E-state index in [9.17, 15) is 32.3 Å². The number of nitrogens with two attached hydrogens (primary N) is 1. The van der Waals surface area contributed by atoms with E-state index >= 15 is 0 Å². The standard InChI is InChI=1S/C42H57ClF3N7O6/c1-49(2)15-5-23-58-37(54)27-28-8-16-50(17-9-28)31-11-18-51(19-12-31)39(55)36(26-29-24-33(42(44,45)46)38(47)34(43)25-29)59-41(57)52-20-13-32(14-21-52)53-22-10-30-6-3-4-7-35(30)48-40(53)56/h3-4,6-7,24-25,28,31-32,36H,5,8-23,26-27,47H2,1-2H3,(H,48,56)/t36-/m1/s1. The molecule has 3 N–H and O–H groups in total. The fourth-order valence-corrected chi connectivity index (χ4v) is 8.99. The van der Waals surface area contributed by atoms with Gasteiger partial charge in [0.05, 0.1) is 22.9 Å². The number of rotatable bonds is 12. The van der Waals surface area contributed by atoms with Crippen molar-refractivity contribution in [2.45, 2.75) is 88.6 Å². The smallest absolute Gasteiger partial charge is 0.418 e. The van der Waals surface area contributed by atoms with Crippen LogP contribution in [0.25, 0.3) is 0 Å². The first-order valence-electron chi connectivity index (χ1n) is 20.8. The van der Waals surface area contributed by atoms with Crippen molar-refractivity contribution in [1.82, 2.24) is 24.5 Å². The Morgan fingerprint density at radius 1 is 0.932 bits per heavy atom. The number of para-hydroxylation sites is 1. The highest BCUT2D eigenvalue weighted by Crippen LogP contribution is 2.38. The SMILES string of the molecule is CN(C)CCCOC(=O)CC1CCN(C2CCN(C(=O)[C@@H](Cc3cc(Cl)c(N)c(C(F)(F)F)c3)OC(=O)N3CCC(N4CCc5ccccc5NC4=O)CC3)CC2)CC1. The third-order valence-corrected chi connectivity index (χ3v) is 12.5. The molecule has 0 radical (unpaired) electrons. The van der Waals surface area contributed by atoms with Crippen LogP contribution in [-0.4, -0.2) is 140 Å². The van der Waals surface area contributed by atoms with Crippen molar-refractivity contribution in [3.05, 3.63) is 58.1 Å². The number of carbonyl (C=O) groups excluding carboxylic acids is 4. The molecular weight excluding hydrogens is 791 g/mol. The molecule has 6 rings (SSSR count). The molecule has 324 valence electrons. The molecule has 2 aromatic carbocycles. The lowest BCUT2D eigenvalue weighted by molar-refractivity contribution is -0.145. The van der Waals surface area contributed by atoms with Gasteiger partial charge < -0.3 is 45.0 Å². The van der Waals surface area contributed by atoms with Crippen molar-refractivity contribution in [3.63, 3.8) is 0 Å². The summed E-state index contributed by atoms with van der Waals surface area (Å²) in [6, 6.07) is 9.72. The largest absolute Gasteiger partial charge is 0.466 e. The second-order valence-corrected chi connectivity index (χ2v) is 16.9. The molecule has 59 heavy (non-hydrogen) atoms. The average molecular weight is 848 g/mol. The van der Waals surface area contributed by atoms with Crippen LogP contribution in [0.2, 0.25) is 5.02 Å². The molecule has 4 aliphatic heterocycles. The lowest BCUT2D eigenvalue weighted by Gasteiger charge is -2.42. The molecule has 0 aliphatic carbocycles. The number of hydrogen-bond acceptors (Lipinski definition) is 9. The molecule has 4 heterocycles. The lowest BCUT2D eigenvalue weighted by atomic mass is 9.91. The Balaban J connectivity index is 1.05. The van der Waals surface area contributed by atoms with E-state index in [4.69, 9.17) is 26.8 Å². The molecule has 3 fully saturated rings. The number of nitrogens with zero attached hydrogens (tertiary/aromatic N) is 5. The molecule has 4 amide bonds. The van der Waals surface area contributed by atoms with Crippen LogP contribution in [-0.2, 0) is 38.1 Å². The number of hydrogen-bond donors (Lipinski definition) is 2. The first-order chi connectivity index (χ1) is 28.2. The van der Waals surface area contributed by atoms with Crippen LogP contribution >= 0.6 is 11.6 Å². The molecule has 4 aliphatic rings. The van der Waals surface area contributed by atoms with Crippen molar-refractivity contribution < 1.29 is 41.8 Å². The van der Waals surface area contributed by atoms with Gasteiger partial charge in [-0.3, -0.25) is 9.59 Å². The van der Waals surface area contributed by atoms with Gasteiger partial charge in [0, 0.05) is 69.9 Å². The van der Waals surface area contributed by atoms with Crippen LogP contribution in [0.3, 0.4) is 0 Å². The maximum absolute atomic E-state index is 14.2. The Kier molecular flexibility index (Phi) is 14.9. The number of nitrogens with one attached hydrogen (secondary N) is 1. The van der Waals surface area contributed by atoms with Gasteiger partial charge in [0.1, 0.15) is 0 Å². The topological polar surface area (TPSA) is 141 Å². The zero-order valence-corrected chi connectivity index (χ0v) is 34.7. The summed E-state index contributed by atoms with van der Waals surface area (Å²) >= 11 is 6.15. The van der Waals surface area contributed by atoms with Crippen molar-refractivity contribution in [1.29, 1.82) is 0 Å². The minimum Gasteiger partial charge on any atom is -0.466 e. The van der Waals surface area contributed by atoms with E-state index < -0.39 is 35.5 Å². The normalized spacial score (nSPS) is 19.6. The van der Waals surface area contributed by atoms with E-state index in [2.05, 4.69) is 15.1 Å². The molecule has 0 spiro atoms. The Bertz CT molecular complexity index is 1790. The molecule has 13 nitrogen and oxygen atoms in total. The van der Waals surface area contributed by atoms with Gasteiger partial charge in [-0.05, 0) is 114 Å². The number of halogens is 4. The fraction of sp³-hybridized carbons (Fsp3) is 0.619. The van der Waals surface area contributed by atoms with Gasteiger partial charge in [0.15, 0.2) is 6.10 Å². The third-order valence-electron chi connectivity index (χ3n) is 12.1. The Hall–Kier alpha value is -4.28. The molecule has 0 bridgehead atoms. The van der Waals surface area contributed by atoms with E-state index in [1.165, 1.54) is 11.0 Å². The number of esters is 1. The highest BCUT2D eigenvalue weighted by molar-refractivity contribution is 6.33. The number of ether oxygens (including phenoxy) is 2. The van der Waals surface area contributed by atoms with Crippen LogP contribution in [0.1, 0.15) is 68.1 Å². The summed E-state index contributed by atoms with van der Waals surface area (Å²) in [6.07, 6.45) is -1.27. The van der Waals surface area contributed by atoms with E-state index in [1.807, 2.05) is 38.4 Å². The van der Waals surface area contributed by atoms with E-state index in [1.54, 1.807) is 9.80 Å². The first-order valence-corrected chi connectivity index (χ1v) is 21.1.